The molecule has 0 aromatic heterocycles. The first kappa shape index (κ1) is 21.3. The molecule has 33 heavy (non-hydrogen) atoms. The Morgan fingerprint density at radius 2 is 1.64 bits per heavy atom. The van der Waals surface area contributed by atoms with E-state index in [1.54, 1.807) is 12.1 Å². The molecule has 3 aromatic carbocycles. The van der Waals surface area contributed by atoms with Crippen molar-refractivity contribution in [3.8, 4) is 22.6 Å². The number of rotatable bonds is 6. The van der Waals surface area contributed by atoms with Crippen LogP contribution in [-0.2, 0) is 16.0 Å². The van der Waals surface area contributed by atoms with Gasteiger partial charge in [-0.15, -0.1) is 0 Å². The van der Waals surface area contributed by atoms with Gasteiger partial charge in [0.25, 0.3) is 0 Å². The first-order chi connectivity index (χ1) is 16.0. The molecule has 1 atom stereocenters. The maximum Gasteiger partial charge on any atom is 0.407 e. The summed E-state index contributed by atoms with van der Waals surface area (Å²) >= 11 is 3.43. The first-order valence-corrected chi connectivity index (χ1v) is 11.2. The summed E-state index contributed by atoms with van der Waals surface area (Å²) in [6, 6.07) is 18.3. The van der Waals surface area contributed by atoms with Crippen molar-refractivity contribution in [2.75, 3.05) is 13.4 Å². The lowest BCUT2D eigenvalue weighted by atomic mass is 9.98. The number of carboxylic acid groups (broad SMARTS) is 1. The zero-order valence-corrected chi connectivity index (χ0v) is 19.0. The normalized spacial score (nSPS) is 14.3. The van der Waals surface area contributed by atoms with E-state index in [2.05, 4.69) is 33.4 Å². The number of hydrogen-bond acceptors (Lipinski definition) is 5. The number of hydrogen-bond donors (Lipinski definition) is 2. The Morgan fingerprint density at radius 1 is 1.03 bits per heavy atom. The van der Waals surface area contributed by atoms with Crippen LogP contribution in [0, 0.1) is 0 Å². The third-order valence-corrected chi connectivity index (χ3v) is 6.64. The van der Waals surface area contributed by atoms with Crippen molar-refractivity contribution in [2.24, 2.45) is 0 Å². The molecule has 1 aliphatic heterocycles. The summed E-state index contributed by atoms with van der Waals surface area (Å²) < 4.78 is 16.9. The summed E-state index contributed by atoms with van der Waals surface area (Å²) in [5.74, 6) is -0.136. The number of alkyl carbamates (subject to hydrolysis) is 1. The van der Waals surface area contributed by atoms with Crippen LogP contribution in [0.3, 0.4) is 0 Å². The van der Waals surface area contributed by atoms with Gasteiger partial charge in [-0.25, -0.2) is 9.59 Å². The van der Waals surface area contributed by atoms with Crippen molar-refractivity contribution in [2.45, 2.75) is 18.4 Å². The molecule has 0 saturated carbocycles. The van der Waals surface area contributed by atoms with Gasteiger partial charge in [0.2, 0.25) is 6.79 Å². The molecule has 5 rings (SSSR count). The highest BCUT2D eigenvalue weighted by molar-refractivity contribution is 9.10. The van der Waals surface area contributed by atoms with E-state index < -0.39 is 18.1 Å². The van der Waals surface area contributed by atoms with Gasteiger partial charge in [-0.3, -0.25) is 0 Å². The molecule has 1 amide bonds. The lowest BCUT2D eigenvalue weighted by Gasteiger charge is -2.18. The van der Waals surface area contributed by atoms with Gasteiger partial charge in [0.1, 0.15) is 12.6 Å². The van der Waals surface area contributed by atoms with Crippen LogP contribution in [0.2, 0.25) is 0 Å². The van der Waals surface area contributed by atoms with Crippen LogP contribution in [-0.4, -0.2) is 36.6 Å². The van der Waals surface area contributed by atoms with E-state index in [1.165, 1.54) is 0 Å². The fourth-order valence-electron chi connectivity index (χ4n) is 4.32. The van der Waals surface area contributed by atoms with Gasteiger partial charge in [-0.05, 0) is 39.9 Å². The van der Waals surface area contributed by atoms with E-state index >= 15 is 0 Å². The van der Waals surface area contributed by atoms with Crippen LogP contribution in [0.25, 0.3) is 11.1 Å². The molecular formula is C25H20BrNO6. The highest BCUT2D eigenvalue weighted by Gasteiger charge is 2.30. The third-order valence-electron chi connectivity index (χ3n) is 5.90. The quantitative estimate of drug-likeness (QED) is 0.499. The number of ether oxygens (including phenoxy) is 3. The maximum absolute atomic E-state index is 12.5. The molecule has 0 radical (unpaired) electrons. The Hall–Kier alpha value is -3.52. The van der Waals surface area contributed by atoms with Gasteiger partial charge in [-0.2, -0.15) is 0 Å². The highest BCUT2D eigenvalue weighted by Crippen LogP contribution is 2.44. The molecule has 3 aromatic rings. The lowest BCUT2D eigenvalue weighted by molar-refractivity contribution is -0.139. The molecule has 0 saturated heterocycles. The topological polar surface area (TPSA) is 94.1 Å². The standard InChI is InChI=1S/C25H20BrNO6/c26-20-11-23-22(32-13-33-23)10-14(20)9-21(24(28)29)27-25(30)31-12-19-17-7-3-1-5-15(17)16-6-2-4-8-18(16)19/h1-8,10-11,19,21H,9,12-13H2,(H,27,30)(H,28,29). The molecular weight excluding hydrogens is 490 g/mol. The number of carbonyl (C=O) groups is 2. The molecule has 1 unspecified atom stereocenters. The fraction of sp³-hybridized carbons (Fsp3) is 0.200. The Kier molecular flexibility index (Phi) is 5.68. The molecule has 168 valence electrons. The average Bonchev–Trinajstić information content (AvgIpc) is 3.39. The van der Waals surface area contributed by atoms with E-state index in [0.717, 1.165) is 22.3 Å². The SMILES string of the molecule is O=C(NC(Cc1cc2c(cc1Br)OCO2)C(=O)O)OCC1c2ccccc2-c2ccccc21. The van der Waals surface area contributed by atoms with Crippen LogP contribution in [0.4, 0.5) is 4.79 Å². The van der Waals surface area contributed by atoms with Crippen molar-refractivity contribution >= 4 is 28.0 Å². The minimum absolute atomic E-state index is 0.0523. The lowest BCUT2D eigenvalue weighted by Crippen LogP contribution is -2.43. The van der Waals surface area contributed by atoms with E-state index in [9.17, 15) is 14.7 Å². The molecule has 0 fully saturated rings. The van der Waals surface area contributed by atoms with Gasteiger partial charge >= 0.3 is 12.1 Å². The molecule has 0 spiro atoms. The van der Waals surface area contributed by atoms with Gasteiger partial charge in [0.15, 0.2) is 11.5 Å². The molecule has 8 heteroatoms. The summed E-state index contributed by atoms with van der Waals surface area (Å²) in [5, 5.41) is 12.1. The van der Waals surface area contributed by atoms with Crippen molar-refractivity contribution < 1.29 is 28.9 Å². The average molecular weight is 510 g/mol. The van der Waals surface area contributed by atoms with Crippen LogP contribution in [0.1, 0.15) is 22.6 Å². The summed E-state index contributed by atoms with van der Waals surface area (Å²) in [4.78, 5) is 24.4. The van der Waals surface area contributed by atoms with Crippen molar-refractivity contribution in [1.29, 1.82) is 0 Å². The molecule has 2 aliphatic rings. The summed E-state index contributed by atoms with van der Waals surface area (Å²) in [5.41, 5.74) is 5.10. The Bertz CT molecular complexity index is 1200. The summed E-state index contributed by atoms with van der Waals surface area (Å²) in [6.07, 6.45) is -0.724. The number of amides is 1. The monoisotopic (exact) mass is 509 g/mol. The number of halogens is 1. The van der Waals surface area contributed by atoms with Crippen molar-refractivity contribution in [1.82, 2.24) is 5.32 Å². The maximum atomic E-state index is 12.5. The zero-order chi connectivity index (χ0) is 22.9. The minimum Gasteiger partial charge on any atom is -0.480 e. The molecule has 2 N–H and O–H groups in total. The number of aliphatic carboxylic acids is 1. The summed E-state index contributed by atoms with van der Waals surface area (Å²) in [6.45, 7) is 0.228. The Balaban J connectivity index is 1.27. The Labute approximate surface area is 198 Å². The molecule has 1 aliphatic carbocycles. The molecule has 7 nitrogen and oxygen atoms in total. The minimum atomic E-state index is -1.17. The van der Waals surface area contributed by atoms with Crippen LogP contribution >= 0.6 is 15.9 Å². The van der Waals surface area contributed by atoms with Crippen LogP contribution < -0.4 is 14.8 Å². The van der Waals surface area contributed by atoms with E-state index in [4.69, 9.17) is 14.2 Å². The van der Waals surface area contributed by atoms with Gasteiger partial charge < -0.3 is 24.6 Å². The first-order valence-electron chi connectivity index (χ1n) is 10.4. The molecule has 1 heterocycles. The number of fused-ring (bicyclic) bond motifs is 4. The number of carbonyl (C=O) groups excluding carboxylic acids is 1. The largest absolute Gasteiger partial charge is 0.480 e. The van der Waals surface area contributed by atoms with Gasteiger partial charge in [-0.1, -0.05) is 64.5 Å². The second-order valence-electron chi connectivity index (χ2n) is 7.86. The Morgan fingerprint density at radius 3 is 2.27 bits per heavy atom. The van der Waals surface area contributed by atoms with Gasteiger partial charge in [0, 0.05) is 16.8 Å². The van der Waals surface area contributed by atoms with Crippen molar-refractivity contribution in [3.63, 3.8) is 0 Å². The number of nitrogens with one attached hydrogen (secondary N) is 1. The predicted molar refractivity (Wildman–Crippen MR) is 124 cm³/mol. The molecule has 0 bridgehead atoms. The number of carboxylic acids is 1. The zero-order valence-electron chi connectivity index (χ0n) is 17.4. The smallest absolute Gasteiger partial charge is 0.407 e. The van der Waals surface area contributed by atoms with E-state index in [1.807, 2.05) is 36.4 Å². The highest BCUT2D eigenvalue weighted by atomic mass is 79.9. The fourth-order valence-corrected chi connectivity index (χ4v) is 4.80. The predicted octanol–water partition coefficient (Wildman–Crippen LogP) is 4.71. The number of benzene rings is 3. The van der Waals surface area contributed by atoms with E-state index in [0.29, 0.717) is 21.5 Å². The van der Waals surface area contributed by atoms with Gasteiger partial charge in [0.05, 0.1) is 0 Å². The summed E-state index contributed by atoms with van der Waals surface area (Å²) in [7, 11) is 0. The van der Waals surface area contributed by atoms with Crippen LogP contribution in [0.15, 0.2) is 65.1 Å². The second-order valence-corrected chi connectivity index (χ2v) is 8.72. The second kappa shape index (κ2) is 8.78. The van der Waals surface area contributed by atoms with Crippen molar-refractivity contribution in [3.05, 3.63) is 81.8 Å². The van der Waals surface area contributed by atoms with E-state index in [-0.39, 0.29) is 25.7 Å². The van der Waals surface area contributed by atoms with Crippen LogP contribution in [0.5, 0.6) is 11.5 Å². The third kappa shape index (κ3) is 4.14.